The Labute approximate surface area is 272 Å². The number of hydrogen-bond donors (Lipinski definition) is 1. The summed E-state index contributed by atoms with van der Waals surface area (Å²) in [5.41, 5.74) is 14.4. The second-order valence-corrected chi connectivity index (χ2v) is 13.8. The Morgan fingerprint density at radius 3 is 2.26 bits per heavy atom. The van der Waals surface area contributed by atoms with Crippen molar-refractivity contribution in [2.24, 2.45) is 0 Å². The number of aromatic nitrogens is 1. The molecule has 4 heterocycles. The number of nitrogens with zero attached hydrogens (tertiary/aromatic N) is 1. The van der Waals surface area contributed by atoms with Crippen molar-refractivity contribution < 1.29 is 8.83 Å². The van der Waals surface area contributed by atoms with Gasteiger partial charge in [0.05, 0.1) is 16.9 Å². The van der Waals surface area contributed by atoms with Crippen LogP contribution in [0.25, 0.3) is 71.5 Å². The molecular formula is C42H31BN2O2. The zero-order valence-electron chi connectivity index (χ0n) is 26.5. The van der Waals surface area contributed by atoms with Crippen LogP contribution in [0.1, 0.15) is 26.3 Å². The summed E-state index contributed by atoms with van der Waals surface area (Å²) in [6, 6.07) is 43.2. The summed E-state index contributed by atoms with van der Waals surface area (Å²) in [7, 11) is 0.705. The highest BCUT2D eigenvalue weighted by Gasteiger charge is 2.31. The molecule has 9 aromatic rings. The van der Waals surface area contributed by atoms with Crippen molar-refractivity contribution in [2.75, 3.05) is 5.32 Å². The van der Waals surface area contributed by atoms with Gasteiger partial charge in [0.2, 0.25) is 7.28 Å². The highest BCUT2D eigenvalue weighted by molar-refractivity contribution is 6.73. The van der Waals surface area contributed by atoms with Crippen LogP contribution in [0.15, 0.2) is 130 Å². The van der Waals surface area contributed by atoms with E-state index in [1.807, 2.05) is 12.1 Å². The minimum Gasteiger partial charge on any atom is -0.469 e. The first-order valence-electron chi connectivity index (χ1n) is 16.3. The van der Waals surface area contributed by atoms with Gasteiger partial charge in [0.15, 0.2) is 0 Å². The number of furan rings is 2. The maximum Gasteiger partial charge on any atom is 0.244 e. The van der Waals surface area contributed by atoms with Crippen molar-refractivity contribution in [1.29, 1.82) is 0 Å². The Kier molecular flexibility index (Phi) is 5.32. The molecule has 3 aromatic heterocycles. The maximum absolute atomic E-state index is 6.77. The lowest BCUT2D eigenvalue weighted by Crippen LogP contribution is -2.36. The summed E-state index contributed by atoms with van der Waals surface area (Å²) in [6.45, 7) is 6.81. The van der Waals surface area contributed by atoms with Gasteiger partial charge >= 0.3 is 0 Å². The monoisotopic (exact) mass is 606 g/mol. The summed E-state index contributed by atoms with van der Waals surface area (Å²) in [4.78, 5) is 0. The van der Waals surface area contributed by atoms with Crippen LogP contribution in [-0.4, -0.2) is 11.8 Å². The molecule has 0 fully saturated rings. The molecule has 0 unspecified atom stereocenters. The molecule has 6 aromatic carbocycles. The zero-order valence-corrected chi connectivity index (χ0v) is 26.5. The third-order valence-corrected chi connectivity index (χ3v) is 9.96. The quantitative estimate of drug-likeness (QED) is 0.204. The molecule has 1 aliphatic heterocycles. The van der Waals surface area contributed by atoms with Gasteiger partial charge < -0.3 is 18.7 Å². The van der Waals surface area contributed by atoms with Crippen LogP contribution in [0.2, 0.25) is 0 Å². The van der Waals surface area contributed by atoms with Crippen LogP contribution in [0.4, 0.5) is 11.4 Å². The normalized spacial score (nSPS) is 12.7. The number of fused-ring (bicyclic) bond motifs is 10. The first kappa shape index (κ1) is 26.5. The van der Waals surface area contributed by atoms with E-state index in [1.54, 1.807) is 0 Å². The number of para-hydroxylation sites is 3. The van der Waals surface area contributed by atoms with Crippen LogP contribution in [-0.2, 0) is 5.41 Å². The van der Waals surface area contributed by atoms with Gasteiger partial charge in [0.25, 0.3) is 0 Å². The van der Waals surface area contributed by atoms with Crippen molar-refractivity contribution in [3.63, 3.8) is 0 Å². The number of benzene rings is 6. The standard InChI is InChI=1S/C42H31BN2O2/c1-42(2,3)24-17-20-36-32(21-24)40-41(47-36)43-38-28(26-13-7-9-15-33(26)44-25-11-5-4-6-12-25)18-19-29-30-23-37-31(22-34(30)45(40)39(29)38)27-14-8-10-16-35(27)46-37/h4-23,43-44H,1-3H3. The first-order chi connectivity index (χ1) is 22.9. The molecule has 0 spiro atoms. The minimum absolute atomic E-state index is 0.0174. The Hall–Kier alpha value is -5.68. The first-order valence-corrected chi connectivity index (χ1v) is 16.3. The van der Waals surface area contributed by atoms with Gasteiger partial charge in [0, 0.05) is 49.4 Å². The highest BCUT2D eigenvalue weighted by atomic mass is 16.3. The summed E-state index contributed by atoms with van der Waals surface area (Å²) in [5, 5.41) is 9.51. The summed E-state index contributed by atoms with van der Waals surface area (Å²) in [5.74, 6) is 0. The van der Waals surface area contributed by atoms with Gasteiger partial charge in [-0.05, 0) is 70.5 Å². The largest absolute Gasteiger partial charge is 0.469 e. The van der Waals surface area contributed by atoms with E-state index in [2.05, 4.69) is 140 Å². The minimum atomic E-state index is 0.0174. The fourth-order valence-corrected chi connectivity index (χ4v) is 7.69. The van der Waals surface area contributed by atoms with Crippen LogP contribution >= 0.6 is 0 Å². The van der Waals surface area contributed by atoms with E-state index in [1.165, 1.54) is 38.4 Å². The van der Waals surface area contributed by atoms with Crippen molar-refractivity contribution >= 4 is 84.5 Å². The van der Waals surface area contributed by atoms with E-state index < -0.39 is 0 Å². The fraction of sp³-hybridized carbons (Fsp3) is 0.0952. The van der Waals surface area contributed by atoms with Crippen molar-refractivity contribution in [2.45, 2.75) is 26.2 Å². The van der Waals surface area contributed by atoms with Crippen LogP contribution < -0.4 is 16.4 Å². The lowest BCUT2D eigenvalue weighted by Gasteiger charge is -2.22. The van der Waals surface area contributed by atoms with Gasteiger partial charge in [-0.2, -0.15) is 0 Å². The Morgan fingerprint density at radius 2 is 1.38 bits per heavy atom. The van der Waals surface area contributed by atoms with Crippen LogP contribution in [0, 0.1) is 0 Å². The molecule has 0 amide bonds. The average molecular weight is 607 g/mol. The molecule has 10 rings (SSSR count). The molecular weight excluding hydrogens is 575 g/mol. The number of nitrogens with one attached hydrogen (secondary N) is 1. The Morgan fingerprint density at radius 1 is 0.596 bits per heavy atom. The van der Waals surface area contributed by atoms with Gasteiger partial charge in [-0.1, -0.05) is 93.6 Å². The average Bonchev–Trinajstić information content (AvgIpc) is 3.74. The van der Waals surface area contributed by atoms with Crippen molar-refractivity contribution in [3.05, 3.63) is 127 Å². The molecule has 0 bridgehead atoms. The molecule has 1 aliphatic rings. The lowest BCUT2D eigenvalue weighted by molar-refractivity contribution is 0.590. The molecule has 4 nitrogen and oxygen atoms in total. The van der Waals surface area contributed by atoms with Crippen LogP contribution in [0.5, 0.6) is 0 Å². The van der Waals surface area contributed by atoms with E-state index in [4.69, 9.17) is 8.83 Å². The van der Waals surface area contributed by atoms with Gasteiger partial charge in [-0.15, -0.1) is 0 Å². The lowest BCUT2D eigenvalue weighted by atomic mass is 9.62. The van der Waals surface area contributed by atoms with Crippen LogP contribution in [0.3, 0.4) is 0 Å². The molecule has 224 valence electrons. The predicted octanol–water partition coefficient (Wildman–Crippen LogP) is 9.84. The second kappa shape index (κ2) is 9.43. The van der Waals surface area contributed by atoms with E-state index in [9.17, 15) is 0 Å². The molecule has 47 heavy (non-hydrogen) atoms. The van der Waals surface area contributed by atoms with E-state index in [0.29, 0.717) is 7.28 Å². The number of hydrogen-bond acceptors (Lipinski definition) is 3. The second-order valence-electron chi connectivity index (χ2n) is 13.8. The van der Waals surface area contributed by atoms with E-state index >= 15 is 0 Å². The number of rotatable bonds is 3. The Bertz CT molecular complexity index is 2720. The molecule has 0 saturated heterocycles. The molecule has 0 saturated carbocycles. The number of anilines is 2. The zero-order chi connectivity index (χ0) is 31.4. The molecule has 1 N–H and O–H groups in total. The van der Waals surface area contributed by atoms with Gasteiger partial charge in [0.1, 0.15) is 16.7 Å². The molecule has 0 radical (unpaired) electrons. The van der Waals surface area contributed by atoms with E-state index in [-0.39, 0.29) is 5.41 Å². The van der Waals surface area contributed by atoms with Gasteiger partial charge in [-0.25, -0.2) is 0 Å². The summed E-state index contributed by atoms with van der Waals surface area (Å²) >= 11 is 0. The molecule has 5 heteroatoms. The maximum atomic E-state index is 6.77. The Balaban J connectivity index is 1.31. The third-order valence-electron chi connectivity index (χ3n) is 9.96. The third kappa shape index (κ3) is 3.83. The van der Waals surface area contributed by atoms with Gasteiger partial charge in [-0.3, -0.25) is 0 Å². The molecule has 0 aliphatic carbocycles. The summed E-state index contributed by atoms with van der Waals surface area (Å²) in [6.07, 6.45) is 0. The van der Waals surface area contributed by atoms with E-state index in [0.717, 1.165) is 61.1 Å². The smallest absolute Gasteiger partial charge is 0.244 e. The topological polar surface area (TPSA) is 43.2 Å². The highest BCUT2D eigenvalue weighted by Crippen LogP contribution is 2.42. The predicted molar refractivity (Wildman–Crippen MR) is 198 cm³/mol. The summed E-state index contributed by atoms with van der Waals surface area (Å²) < 4.78 is 15.7. The molecule has 0 atom stereocenters. The van der Waals surface area contributed by atoms with Crippen molar-refractivity contribution in [1.82, 2.24) is 4.57 Å². The fourth-order valence-electron chi connectivity index (χ4n) is 7.69. The van der Waals surface area contributed by atoms with Crippen molar-refractivity contribution in [3.8, 4) is 16.8 Å². The SMILES string of the molecule is CC(C)(C)c1ccc2oc3c(c2c1)-n1c2cc4c(cc2c2ccc(-c5ccccc5Nc5ccccc5)c(c21)B3)oc1ccccc14.